The molecule has 2 aliphatic carbocycles. The van der Waals surface area contributed by atoms with E-state index in [2.05, 4.69) is 54.7 Å². The molecule has 0 radical (unpaired) electrons. The summed E-state index contributed by atoms with van der Waals surface area (Å²) in [5.41, 5.74) is 3.48. The second-order valence-corrected chi connectivity index (χ2v) is 24.0. The molecule has 2 heterocycles. The molecule has 2 fully saturated rings. The third-order valence-corrected chi connectivity index (χ3v) is 16.2. The van der Waals surface area contributed by atoms with Crippen LogP contribution in [0.5, 0.6) is 0 Å². The van der Waals surface area contributed by atoms with Gasteiger partial charge in [0.15, 0.2) is 0 Å². The fourth-order valence-electron chi connectivity index (χ4n) is 11.3. The first kappa shape index (κ1) is 59.0. The number of hydrogen-bond donors (Lipinski definition) is 8. The zero-order valence-corrected chi connectivity index (χ0v) is 47.3. The third kappa shape index (κ3) is 14.1. The third-order valence-electron chi connectivity index (χ3n) is 16.2. The van der Waals surface area contributed by atoms with Crippen molar-refractivity contribution in [1.82, 2.24) is 52.3 Å². The van der Waals surface area contributed by atoms with Gasteiger partial charge in [-0.05, 0) is 137 Å². The number of fused-ring (bicyclic) bond motifs is 2. The second kappa shape index (κ2) is 25.4. The summed E-state index contributed by atoms with van der Waals surface area (Å²) in [5, 5.41) is 24.3. The number of nitrogens with zero attached hydrogens (tertiary/aromatic N) is 2. The Balaban J connectivity index is 1.07. The van der Waals surface area contributed by atoms with Crippen LogP contribution >= 0.6 is 0 Å². The quantitative estimate of drug-likeness (QED) is 0.0933. The van der Waals surface area contributed by atoms with E-state index in [1.54, 1.807) is 27.9 Å². The molecule has 1 unspecified atom stereocenters. The minimum atomic E-state index is -0.983. The molecule has 2 aliphatic heterocycles. The molecule has 4 aliphatic rings. The molecule has 78 heavy (non-hydrogen) atoms. The topological polar surface area (TPSA) is 239 Å². The van der Waals surface area contributed by atoms with Crippen molar-refractivity contribution in [3.05, 3.63) is 106 Å². The first-order valence-electron chi connectivity index (χ1n) is 28.0. The Morgan fingerprint density at radius 3 is 1.21 bits per heavy atom. The van der Waals surface area contributed by atoms with Crippen LogP contribution in [-0.2, 0) is 41.6 Å². The molecule has 2 saturated heterocycles. The molecule has 0 saturated carbocycles. The van der Waals surface area contributed by atoms with Crippen LogP contribution in [0.2, 0.25) is 0 Å². The number of likely N-dealkylation sites (tertiary alicyclic amines) is 2. The van der Waals surface area contributed by atoms with E-state index in [1.165, 1.54) is 45.2 Å². The lowest BCUT2D eigenvalue weighted by Gasteiger charge is -2.36. The lowest BCUT2D eigenvalue weighted by atomic mass is 9.85. The molecule has 18 heteroatoms. The highest BCUT2D eigenvalue weighted by Gasteiger charge is 2.48. The summed E-state index contributed by atoms with van der Waals surface area (Å²) in [6, 6.07) is 15.5. The molecule has 8 N–H and O–H groups in total. The van der Waals surface area contributed by atoms with Crippen LogP contribution in [0.1, 0.15) is 162 Å². The summed E-state index contributed by atoms with van der Waals surface area (Å²) in [5.74, 6) is -3.21. The van der Waals surface area contributed by atoms with Gasteiger partial charge in [-0.15, -0.1) is 0 Å². The summed E-state index contributed by atoms with van der Waals surface area (Å²) >= 11 is 0. The number of likely N-dealkylation sites (N-methyl/N-ethyl adjacent to an activating group) is 2. The molecule has 18 nitrogen and oxygen atoms in total. The second-order valence-electron chi connectivity index (χ2n) is 24.0. The molecule has 10 atom stereocenters. The lowest BCUT2D eigenvalue weighted by Crippen LogP contribution is -2.59. The SMILES string of the molecule is CN[C@@H](C)C(=O)N[C@H](C(=O)N1C[C@@H](NC(=O)c2ccc(C(=O)N[C@H]3C[C@@H](C(=O)N[C@@H]4CCCCc5ccccc54)N(C(=O)[C@@H](NC(=O)[C@H](C)NC)C(C)(C)C)C3)cc2)C[C@H]1C(=O)NC1CCCCc2ccccc21)C(C)(C)C. The fraction of sp³-hybridized carbons (Fsp3) is 0.567. The lowest BCUT2D eigenvalue weighted by molar-refractivity contribution is -0.144. The van der Waals surface area contributed by atoms with Crippen molar-refractivity contribution >= 4 is 47.3 Å². The van der Waals surface area contributed by atoms with Gasteiger partial charge in [-0.3, -0.25) is 38.4 Å². The Hall–Kier alpha value is -6.66. The van der Waals surface area contributed by atoms with Crippen LogP contribution in [-0.4, -0.2) is 133 Å². The largest absolute Gasteiger partial charge is 0.347 e. The summed E-state index contributed by atoms with van der Waals surface area (Å²) < 4.78 is 0. The molecular weight excluding hydrogens is 989 g/mol. The molecule has 422 valence electrons. The van der Waals surface area contributed by atoms with Crippen LogP contribution in [0.25, 0.3) is 0 Å². The standard InChI is InChI=1S/C60H84N10O8/c1-35(61-9)51(71)67-49(59(3,4)5)57(77)69-33-41(31-47(69)55(75)65-45-25-17-13-21-37-19-11-15-23-43(37)45)63-53(73)39-27-29-40(30-28-39)54(74)64-42-32-48(56(76)66-46-26-18-14-22-38-20-12-16-24-44(38)46)70(34-42)58(78)50(60(6,7)8)68-52(72)36(2)62-10/h11-12,15-16,19-20,23-24,27-30,35-36,41-42,45-50,61-62H,13-14,17-18,21-22,25-26,31-34H2,1-10H3,(H,63,73)(H,64,74)(H,65,75)(H,66,76)(H,67,71)(H,68,72)/t35-,36-,41-,42-,45+,46?,47-,48-,49+,50+/m0/s1. The van der Waals surface area contributed by atoms with Crippen molar-refractivity contribution in [3.63, 3.8) is 0 Å². The van der Waals surface area contributed by atoms with Gasteiger partial charge < -0.3 is 52.3 Å². The molecular formula is C60H84N10O8. The highest BCUT2D eigenvalue weighted by atomic mass is 16.2. The van der Waals surface area contributed by atoms with Gasteiger partial charge in [0.1, 0.15) is 24.2 Å². The first-order valence-corrected chi connectivity index (χ1v) is 28.0. The normalized spacial score (nSPS) is 22.9. The number of carbonyl (C=O) groups is 8. The predicted molar refractivity (Wildman–Crippen MR) is 299 cm³/mol. The zero-order valence-electron chi connectivity index (χ0n) is 47.3. The Labute approximate surface area is 460 Å². The minimum Gasteiger partial charge on any atom is -0.347 e. The summed E-state index contributed by atoms with van der Waals surface area (Å²) in [6.07, 6.45) is 7.37. The maximum atomic E-state index is 14.7. The molecule has 8 amide bonds. The molecule has 0 bridgehead atoms. The Morgan fingerprint density at radius 1 is 0.500 bits per heavy atom. The molecule has 0 aromatic heterocycles. The van der Waals surface area contributed by atoms with Gasteiger partial charge in [0.05, 0.1) is 24.2 Å². The molecule has 3 aromatic carbocycles. The molecule has 7 rings (SSSR count). The summed E-state index contributed by atoms with van der Waals surface area (Å²) in [7, 11) is 3.32. The van der Waals surface area contributed by atoms with E-state index in [9.17, 15) is 38.4 Å². The van der Waals surface area contributed by atoms with E-state index in [4.69, 9.17) is 0 Å². The van der Waals surface area contributed by atoms with Gasteiger partial charge in [-0.25, -0.2) is 0 Å². The number of carbonyl (C=O) groups excluding carboxylic acids is 8. The van der Waals surface area contributed by atoms with Crippen molar-refractivity contribution in [2.75, 3.05) is 27.2 Å². The summed E-state index contributed by atoms with van der Waals surface area (Å²) in [6.45, 7) is 14.6. The van der Waals surface area contributed by atoms with Crippen LogP contribution in [0, 0.1) is 10.8 Å². The average Bonchev–Trinajstić information content (AvgIpc) is 3.98. The average molecular weight is 1070 g/mol. The van der Waals surface area contributed by atoms with Crippen molar-refractivity contribution in [3.8, 4) is 0 Å². The Bertz CT molecular complexity index is 2500. The van der Waals surface area contributed by atoms with E-state index >= 15 is 0 Å². The smallest absolute Gasteiger partial charge is 0.251 e. The first-order chi connectivity index (χ1) is 37.0. The minimum absolute atomic E-state index is 0.0141. The fourth-order valence-corrected chi connectivity index (χ4v) is 11.3. The van der Waals surface area contributed by atoms with Gasteiger partial charge in [-0.2, -0.15) is 0 Å². The number of benzene rings is 3. The van der Waals surface area contributed by atoms with Crippen LogP contribution in [0.3, 0.4) is 0 Å². The van der Waals surface area contributed by atoms with Gasteiger partial charge in [-0.1, -0.05) is 103 Å². The van der Waals surface area contributed by atoms with Crippen LogP contribution in [0.4, 0.5) is 0 Å². The van der Waals surface area contributed by atoms with Crippen molar-refractivity contribution in [2.24, 2.45) is 10.8 Å². The number of aryl methyl sites for hydroxylation is 2. The van der Waals surface area contributed by atoms with Crippen molar-refractivity contribution in [2.45, 2.75) is 180 Å². The van der Waals surface area contributed by atoms with Crippen molar-refractivity contribution in [1.29, 1.82) is 0 Å². The van der Waals surface area contributed by atoms with Gasteiger partial charge in [0.2, 0.25) is 35.4 Å². The Morgan fingerprint density at radius 2 is 0.859 bits per heavy atom. The number of amides is 8. The monoisotopic (exact) mass is 1070 g/mol. The maximum Gasteiger partial charge on any atom is 0.251 e. The number of hydrogen-bond acceptors (Lipinski definition) is 10. The van der Waals surface area contributed by atoms with E-state index in [0.717, 1.165) is 62.5 Å². The maximum absolute atomic E-state index is 14.7. The zero-order chi connectivity index (χ0) is 56.6. The summed E-state index contributed by atoms with van der Waals surface area (Å²) in [4.78, 5) is 116. The van der Waals surface area contributed by atoms with Crippen LogP contribution in [0.15, 0.2) is 72.8 Å². The van der Waals surface area contributed by atoms with Crippen molar-refractivity contribution < 1.29 is 38.4 Å². The van der Waals surface area contributed by atoms with Gasteiger partial charge in [0, 0.05) is 36.3 Å². The Kier molecular flexibility index (Phi) is 19.2. The van der Waals surface area contributed by atoms with E-state index in [0.29, 0.717) is 0 Å². The molecule has 0 spiro atoms. The highest BCUT2D eigenvalue weighted by molar-refractivity contribution is 5.99. The predicted octanol–water partition coefficient (Wildman–Crippen LogP) is 4.53. The highest BCUT2D eigenvalue weighted by Crippen LogP contribution is 2.33. The number of rotatable bonds is 16. The number of nitrogens with one attached hydrogen (secondary N) is 8. The molecule has 3 aromatic rings. The van der Waals surface area contributed by atoms with E-state index < -0.39 is 82.8 Å². The van der Waals surface area contributed by atoms with Crippen LogP contribution < -0.4 is 42.5 Å². The van der Waals surface area contributed by atoms with Gasteiger partial charge >= 0.3 is 0 Å². The van der Waals surface area contributed by atoms with E-state index in [-0.39, 0.29) is 72.8 Å². The van der Waals surface area contributed by atoms with E-state index in [1.807, 2.05) is 77.9 Å². The van der Waals surface area contributed by atoms with Gasteiger partial charge in [0.25, 0.3) is 11.8 Å².